The molecule has 0 bridgehead atoms. The van der Waals surface area contributed by atoms with E-state index in [9.17, 15) is 0 Å². The van der Waals surface area contributed by atoms with Crippen LogP contribution in [0.2, 0.25) is 0 Å². The molecule has 1 aromatic carbocycles. The first-order valence-corrected chi connectivity index (χ1v) is 6.20. The van der Waals surface area contributed by atoms with Crippen LogP contribution in [0.4, 0.5) is 0 Å². The van der Waals surface area contributed by atoms with Crippen LogP contribution in [-0.2, 0) is 6.54 Å². The Hall–Kier alpha value is -1.48. The third kappa shape index (κ3) is 2.80. The van der Waals surface area contributed by atoms with Crippen molar-refractivity contribution in [2.45, 2.75) is 26.8 Å². The van der Waals surface area contributed by atoms with Gasteiger partial charge in [0.15, 0.2) is 11.3 Å². The summed E-state index contributed by atoms with van der Waals surface area (Å²) in [5.41, 5.74) is 0.850. The highest BCUT2D eigenvalue weighted by Gasteiger charge is 2.08. The van der Waals surface area contributed by atoms with Crippen LogP contribution in [0.25, 0.3) is 11.0 Å². The lowest BCUT2D eigenvalue weighted by atomic mass is 10.2. The Kier molecular flexibility index (Phi) is 4.04. The molecule has 3 heteroatoms. The van der Waals surface area contributed by atoms with Crippen molar-refractivity contribution in [2.75, 3.05) is 13.2 Å². The van der Waals surface area contributed by atoms with Gasteiger partial charge in [-0.2, -0.15) is 0 Å². The summed E-state index contributed by atoms with van der Waals surface area (Å²) in [5, 5.41) is 4.43. The summed E-state index contributed by atoms with van der Waals surface area (Å²) < 4.78 is 11.4. The first kappa shape index (κ1) is 12.0. The number of para-hydroxylation sites is 1. The molecule has 1 heterocycles. The van der Waals surface area contributed by atoms with E-state index in [-0.39, 0.29) is 0 Å². The molecule has 2 aromatic rings. The molecule has 0 saturated carbocycles. The van der Waals surface area contributed by atoms with Crippen molar-refractivity contribution in [3.05, 3.63) is 30.0 Å². The minimum absolute atomic E-state index is 0.656. The highest BCUT2D eigenvalue weighted by molar-refractivity contribution is 5.83. The molecule has 92 valence electrons. The van der Waals surface area contributed by atoms with E-state index in [2.05, 4.69) is 18.3 Å². The van der Waals surface area contributed by atoms with Crippen LogP contribution in [0.5, 0.6) is 5.75 Å². The number of nitrogens with one attached hydrogen (secondary N) is 1. The summed E-state index contributed by atoms with van der Waals surface area (Å²) in [5.74, 6) is 1.78. The van der Waals surface area contributed by atoms with Crippen LogP contribution < -0.4 is 10.1 Å². The van der Waals surface area contributed by atoms with Gasteiger partial charge in [0.2, 0.25) is 0 Å². The molecular weight excluding hydrogens is 214 g/mol. The highest BCUT2D eigenvalue weighted by atomic mass is 16.5. The average Bonchev–Trinajstić information content (AvgIpc) is 2.74. The van der Waals surface area contributed by atoms with Gasteiger partial charge in [-0.1, -0.05) is 19.1 Å². The van der Waals surface area contributed by atoms with Crippen molar-refractivity contribution >= 4 is 11.0 Å². The van der Waals surface area contributed by atoms with Gasteiger partial charge in [0.25, 0.3) is 0 Å². The number of fused-ring (bicyclic) bond motifs is 1. The van der Waals surface area contributed by atoms with Crippen molar-refractivity contribution < 1.29 is 9.15 Å². The molecule has 0 unspecified atom stereocenters. The molecule has 0 fully saturated rings. The predicted octanol–water partition coefficient (Wildman–Crippen LogP) is 3.33. The zero-order chi connectivity index (χ0) is 12.1. The van der Waals surface area contributed by atoms with Gasteiger partial charge >= 0.3 is 0 Å². The highest BCUT2D eigenvalue weighted by Crippen LogP contribution is 2.28. The number of furan rings is 1. The molecule has 2 rings (SSSR count). The largest absolute Gasteiger partial charge is 0.490 e. The molecule has 0 saturated heterocycles. The summed E-state index contributed by atoms with van der Waals surface area (Å²) in [4.78, 5) is 0. The molecule has 0 spiro atoms. The third-order valence-corrected chi connectivity index (χ3v) is 2.58. The van der Waals surface area contributed by atoms with E-state index < -0.39 is 0 Å². The lowest BCUT2D eigenvalue weighted by molar-refractivity contribution is 0.337. The van der Waals surface area contributed by atoms with Gasteiger partial charge in [-0.25, -0.2) is 0 Å². The molecule has 0 aliphatic rings. The zero-order valence-electron chi connectivity index (χ0n) is 10.5. The van der Waals surface area contributed by atoms with Gasteiger partial charge < -0.3 is 14.5 Å². The van der Waals surface area contributed by atoms with Crippen molar-refractivity contribution in [1.82, 2.24) is 5.32 Å². The molecule has 3 nitrogen and oxygen atoms in total. The molecule has 0 radical (unpaired) electrons. The first-order valence-electron chi connectivity index (χ1n) is 6.20. The summed E-state index contributed by atoms with van der Waals surface area (Å²) in [6.07, 6.45) is 1.13. The second-order valence-electron chi connectivity index (χ2n) is 4.00. The van der Waals surface area contributed by atoms with Crippen molar-refractivity contribution in [3.63, 3.8) is 0 Å². The zero-order valence-corrected chi connectivity index (χ0v) is 10.5. The van der Waals surface area contributed by atoms with E-state index in [1.54, 1.807) is 0 Å². The number of benzene rings is 1. The fraction of sp³-hybridized carbons (Fsp3) is 0.429. The Morgan fingerprint density at radius 1 is 1.29 bits per heavy atom. The average molecular weight is 233 g/mol. The van der Waals surface area contributed by atoms with E-state index in [4.69, 9.17) is 9.15 Å². The van der Waals surface area contributed by atoms with Gasteiger partial charge in [-0.3, -0.25) is 0 Å². The molecule has 1 N–H and O–H groups in total. The van der Waals surface area contributed by atoms with Gasteiger partial charge in [-0.15, -0.1) is 0 Å². The molecule has 0 amide bonds. The molecule has 0 aliphatic heterocycles. The maximum absolute atomic E-state index is 5.81. The molecule has 0 atom stereocenters. The van der Waals surface area contributed by atoms with Crippen LogP contribution in [0.3, 0.4) is 0 Å². The van der Waals surface area contributed by atoms with E-state index in [0.29, 0.717) is 6.61 Å². The lowest BCUT2D eigenvalue weighted by Gasteiger charge is -2.02. The fourth-order valence-electron chi connectivity index (χ4n) is 1.83. The molecule has 17 heavy (non-hydrogen) atoms. The van der Waals surface area contributed by atoms with Crippen LogP contribution in [0.15, 0.2) is 28.7 Å². The molecule has 0 aliphatic carbocycles. The minimum Gasteiger partial charge on any atom is -0.490 e. The SMILES string of the molecule is CCCNCc1cc2cccc(OCC)c2o1. The summed E-state index contributed by atoms with van der Waals surface area (Å²) >= 11 is 0. The molecule has 1 aromatic heterocycles. The van der Waals surface area contributed by atoms with Crippen molar-refractivity contribution in [1.29, 1.82) is 0 Å². The summed E-state index contributed by atoms with van der Waals surface area (Å²) in [6.45, 7) is 6.57. The Labute approximate surface area is 102 Å². The van der Waals surface area contributed by atoms with Crippen molar-refractivity contribution in [3.8, 4) is 5.75 Å². The topological polar surface area (TPSA) is 34.4 Å². The number of hydrogen-bond acceptors (Lipinski definition) is 3. The van der Waals surface area contributed by atoms with Gasteiger partial charge in [0.1, 0.15) is 5.76 Å². The Balaban J connectivity index is 2.20. The second-order valence-corrected chi connectivity index (χ2v) is 4.00. The van der Waals surface area contributed by atoms with Gasteiger partial charge in [0, 0.05) is 5.39 Å². The predicted molar refractivity (Wildman–Crippen MR) is 69.4 cm³/mol. The molecular formula is C14H19NO2. The van der Waals surface area contributed by atoms with Crippen LogP contribution in [0, 0.1) is 0 Å². The lowest BCUT2D eigenvalue weighted by Crippen LogP contribution is -2.12. The third-order valence-electron chi connectivity index (χ3n) is 2.58. The first-order chi connectivity index (χ1) is 8.35. The quantitative estimate of drug-likeness (QED) is 0.777. The monoisotopic (exact) mass is 233 g/mol. The normalized spacial score (nSPS) is 10.9. The Bertz CT molecular complexity index is 476. The summed E-state index contributed by atoms with van der Waals surface area (Å²) in [6, 6.07) is 8.05. The van der Waals surface area contributed by atoms with E-state index in [1.165, 1.54) is 0 Å². The van der Waals surface area contributed by atoms with E-state index in [1.807, 2.05) is 25.1 Å². The number of ether oxygens (including phenoxy) is 1. The standard InChI is InChI=1S/C14H19NO2/c1-3-8-15-10-12-9-11-6-5-7-13(16-4-2)14(11)17-12/h5-7,9,15H,3-4,8,10H2,1-2H3. The summed E-state index contributed by atoms with van der Waals surface area (Å²) in [7, 11) is 0. The Morgan fingerprint density at radius 3 is 2.94 bits per heavy atom. The second kappa shape index (κ2) is 5.73. The van der Waals surface area contributed by atoms with Gasteiger partial charge in [0.05, 0.1) is 13.2 Å². The smallest absolute Gasteiger partial charge is 0.176 e. The maximum Gasteiger partial charge on any atom is 0.176 e. The Morgan fingerprint density at radius 2 is 2.18 bits per heavy atom. The van der Waals surface area contributed by atoms with Crippen LogP contribution in [-0.4, -0.2) is 13.2 Å². The van der Waals surface area contributed by atoms with Gasteiger partial charge in [-0.05, 0) is 32.0 Å². The van der Waals surface area contributed by atoms with Crippen LogP contribution >= 0.6 is 0 Å². The van der Waals surface area contributed by atoms with Crippen molar-refractivity contribution in [2.24, 2.45) is 0 Å². The van der Waals surface area contributed by atoms with E-state index in [0.717, 1.165) is 42.0 Å². The number of hydrogen-bond donors (Lipinski definition) is 1. The minimum atomic E-state index is 0.656. The van der Waals surface area contributed by atoms with E-state index >= 15 is 0 Å². The maximum atomic E-state index is 5.81. The fourth-order valence-corrected chi connectivity index (χ4v) is 1.83. The number of rotatable bonds is 6. The van der Waals surface area contributed by atoms with Crippen LogP contribution in [0.1, 0.15) is 26.0 Å².